The molecule has 53 valence electrons. The fourth-order valence-electron chi connectivity index (χ4n) is 0.359. The van der Waals surface area contributed by atoms with Crippen LogP contribution in [0.1, 0.15) is 6.42 Å². The summed E-state index contributed by atoms with van der Waals surface area (Å²) in [6, 6.07) is 0. The van der Waals surface area contributed by atoms with Crippen molar-refractivity contribution in [1.82, 2.24) is 0 Å². The third-order valence-corrected chi connectivity index (χ3v) is 0.740. The number of allylic oxidation sites excluding steroid dienone is 4. The first-order valence-electron chi connectivity index (χ1n) is 2.89. The first kappa shape index (κ1) is 12.9. The van der Waals surface area contributed by atoms with E-state index in [9.17, 15) is 0 Å². The van der Waals surface area contributed by atoms with Gasteiger partial charge < -0.3 is 24.5 Å². The molecule has 0 amide bonds. The van der Waals surface area contributed by atoms with Crippen LogP contribution < -0.4 is 5.73 Å². The average molecular weight is 210 g/mol. The molecule has 10 heavy (non-hydrogen) atoms. The summed E-state index contributed by atoms with van der Waals surface area (Å²) in [5.41, 5.74) is 5.22. The summed E-state index contributed by atoms with van der Waals surface area (Å²) in [4.78, 5) is 0. The largest absolute Gasteiger partial charge is 0.361 e. The molecule has 0 aliphatic heterocycles. The average Bonchev–Trinajstić information content (AvgIpc) is 1.89. The molecule has 0 heterocycles. The monoisotopic (exact) mass is 210 g/mol. The molecule has 0 fully saturated rings. The molecule has 2 heteroatoms. The van der Waals surface area contributed by atoms with E-state index in [2.05, 4.69) is 6.08 Å². The Labute approximate surface area is 87.9 Å². The standard InChI is InChI=1S/C8H11N.Y/c1-2-3-4-5-6-7-8-9;/h1-3,5-6H,7-9H2;/q-2;/b6-5+;. The summed E-state index contributed by atoms with van der Waals surface area (Å²) in [6.45, 7) is 5.73. The van der Waals surface area contributed by atoms with Crippen LogP contribution in [0.3, 0.4) is 0 Å². The van der Waals surface area contributed by atoms with Gasteiger partial charge >= 0.3 is 0 Å². The summed E-state index contributed by atoms with van der Waals surface area (Å²) in [7, 11) is 0. The van der Waals surface area contributed by atoms with Gasteiger partial charge in [0.25, 0.3) is 0 Å². The van der Waals surface area contributed by atoms with Gasteiger partial charge in [0, 0.05) is 32.7 Å². The van der Waals surface area contributed by atoms with Crippen molar-refractivity contribution in [3.63, 3.8) is 0 Å². The van der Waals surface area contributed by atoms with Crippen LogP contribution in [0, 0.1) is 12.7 Å². The number of nitrogens with two attached hydrogens (primary N) is 1. The molecule has 1 radical (unpaired) electrons. The zero-order valence-corrected chi connectivity index (χ0v) is 8.79. The van der Waals surface area contributed by atoms with Gasteiger partial charge in [-0.2, -0.15) is 12.2 Å². The zero-order valence-electron chi connectivity index (χ0n) is 5.96. The molecule has 0 aromatic rings. The van der Waals surface area contributed by atoms with E-state index in [1.165, 1.54) is 6.08 Å². The number of rotatable bonds is 4. The van der Waals surface area contributed by atoms with Crippen molar-refractivity contribution in [2.45, 2.75) is 6.42 Å². The Kier molecular flexibility index (Phi) is 15.5. The van der Waals surface area contributed by atoms with Crippen LogP contribution in [0.4, 0.5) is 0 Å². The number of hydrogen-bond acceptors (Lipinski definition) is 1. The van der Waals surface area contributed by atoms with Crippen LogP contribution in [-0.2, 0) is 32.7 Å². The third-order valence-electron chi connectivity index (χ3n) is 0.740. The molecule has 0 spiro atoms. The van der Waals surface area contributed by atoms with Crippen LogP contribution >= 0.6 is 0 Å². The molecule has 0 aromatic heterocycles. The quantitative estimate of drug-likeness (QED) is 0.548. The SMILES string of the molecule is [CH-]=CC=[C-]/C=C/CCN.[Y]. The molecular formula is C8H11NY-2. The third kappa shape index (κ3) is 11.1. The smallest absolute Gasteiger partial charge is 0 e. The summed E-state index contributed by atoms with van der Waals surface area (Å²) < 4.78 is 0. The van der Waals surface area contributed by atoms with Crippen LogP contribution in [0.15, 0.2) is 24.3 Å². The molecule has 1 nitrogen and oxygen atoms in total. The van der Waals surface area contributed by atoms with Gasteiger partial charge in [-0.05, 0) is 6.54 Å². The maximum Gasteiger partial charge on any atom is 0 e. The number of hydrogen-bond donors (Lipinski definition) is 1. The van der Waals surface area contributed by atoms with Gasteiger partial charge in [-0.1, -0.05) is 6.42 Å². The molecule has 0 bridgehead atoms. The van der Waals surface area contributed by atoms with Gasteiger partial charge in [0.1, 0.15) is 0 Å². The maximum absolute atomic E-state index is 5.22. The van der Waals surface area contributed by atoms with E-state index in [-0.39, 0.29) is 32.7 Å². The van der Waals surface area contributed by atoms with E-state index >= 15 is 0 Å². The molecule has 0 atom stereocenters. The Balaban J connectivity index is 0. The fourth-order valence-corrected chi connectivity index (χ4v) is 0.359. The first-order valence-corrected chi connectivity index (χ1v) is 2.89. The molecule has 0 aromatic carbocycles. The van der Waals surface area contributed by atoms with Gasteiger partial charge in [-0.15, -0.1) is 0 Å². The molecular weight excluding hydrogens is 199 g/mol. The van der Waals surface area contributed by atoms with Crippen molar-refractivity contribution in [2.75, 3.05) is 6.54 Å². The van der Waals surface area contributed by atoms with Crippen molar-refractivity contribution in [2.24, 2.45) is 5.73 Å². The molecule has 0 saturated heterocycles. The Hall–Kier alpha value is 0.284. The zero-order chi connectivity index (χ0) is 6.95. The molecule has 0 rings (SSSR count). The Morgan fingerprint density at radius 3 is 2.70 bits per heavy atom. The predicted molar refractivity (Wildman–Crippen MR) is 39.5 cm³/mol. The summed E-state index contributed by atoms with van der Waals surface area (Å²) >= 11 is 0. The van der Waals surface area contributed by atoms with Crippen LogP contribution in [0.25, 0.3) is 0 Å². The van der Waals surface area contributed by atoms with Crippen molar-refractivity contribution < 1.29 is 32.7 Å². The summed E-state index contributed by atoms with van der Waals surface area (Å²) in [5.74, 6) is 0. The molecule has 0 aliphatic carbocycles. The van der Waals surface area contributed by atoms with Crippen molar-refractivity contribution in [3.8, 4) is 0 Å². The Morgan fingerprint density at radius 1 is 1.50 bits per heavy atom. The normalized spacial score (nSPS) is 10.1. The fraction of sp³-hybridized carbons (Fsp3) is 0.250. The van der Waals surface area contributed by atoms with Gasteiger partial charge in [0.2, 0.25) is 0 Å². The van der Waals surface area contributed by atoms with Crippen LogP contribution in [0.2, 0.25) is 0 Å². The van der Waals surface area contributed by atoms with E-state index in [0.29, 0.717) is 6.54 Å². The second-order valence-electron chi connectivity index (χ2n) is 1.51. The topological polar surface area (TPSA) is 26.0 Å². The first-order chi connectivity index (χ1) is 4.41. The molecule has 0 unspecified atom stereocenters. The maximum atomic E-state index is 5.22. The van der Waals surface area contributed by atoms with Gasteiger partial charge in [-0.25, -0.2) is 0 Å². The molecule has 0 aliphatic rings. The van der Waals surface area contributed by atoms with E-state index in [0.717, 1.165) is 6.42 Å². The van der Waals surface area contributed by atoms with Crippen LogP contribution in [0.5, 0.6) is 0 Å². The van der Waals surface area contributed by atoms with E-state index in [1.807, 2.05) is 6.08 Å². The van der Waals surface area contributed by atoms with Crippen molar-refractivity contribution >= 4 is 0 Å². The minimum Gasteiger partial charge on any atom is -0.361 e. The second kappa shape index (κ2) is 12.0. The van der Waals surface area contributed by atoms with Crippen LogP contribution in [-0.4, -0.2) is 6.54 Å². The second-order valence-corrected chi connectivity index (χ2v) is 1.51. The summed E-state index contributed by atoms with van der Waals surface area (Å²) in [5, 5.41) is 0. The minimum atomic E-state index is 0. The van der Waals surface area contributed by atoms with Gasteiger partial charge in [0.15, 0.2) is 0 Å². The Morgan fingerprint density at radius 2 is 2.20 bits per heavy atom. The summed E-state index contributed by atoms with van der Waals surface area (Å²) in [6.07, 6.45) is 10.6. The minimum absolute atomic E-state index is 0. The van der Waals surface area contributed by atoms with Crippen molar-refractivity contribution in [1.29, 1.82) is 0 Å². The van der Waals surface area contributed by atoms with Gasteiger partial charge in [-0.3, -0.25) is 6.08 Å². The van der Waals surface area contributed by atoms with E-state index < -0.39 is 0 Å². The predicted octanol–water partition coefficient (Wildman–Crippen LogP) is 1.24. The molecule has 2 N–H and O–H groups in total. The van der Waals surface area contributed by atoms with E-state index in [1.54, 1.807) is 12.2 Å². The van der Waals surface area contributed by atoms with E-state index in [4.69, 9.17) is 12.3 Å². The van der Waals surface area contributed by atoms with Gasteiger partial charge in [0.05, 0.1) is 0 Å². The van der Waals surface area contributed by atoms with Crippen molar-refractivity contribution in [3.05, 3.63) is 37.0 Å². The molecule has 0 saturated carbocycles. The Bertz CT molecular complexity index is 116.